The number of carbonyl (C=O) groups excluding carboxylic acids is 1. The predicted molar refractivity (Wildman–Crippen MR) is 144 cm³/mol. The van der Waals surface area contributed by atoms with E-state index in [1.165, 1.54) is 28.4 Å². The third-order valence-electron chi connectivity index (χ3n) is 6.88. The minimum absolute atomic E-state index is 0.0743. The molecular weight excluding hydrogens is 534 g/mol. The summed E-state index contributed by atoms with van der Waals surface area (Å²) in [5.41, 5.74) is 8.72. The van der Waals surface area contributed by atoms with Crippen molar-refractivity contribution >= 4 is 6.09 Å². The number of ether oxygens (including phenoxy) is 7. The summed E-state index contributed by atoms with van der Waals surface area (Å²) in [4.78, 5) is 14.3. The van der Waals surface area contributed by atoms with Gasteiger partial charge in [0.05, 0.1) is 58.8 Å². The van der Waals surface area contributed by atoms with Crippen molar-refractivity contribution in [3.63, 3.8) is 0 Å². The summed E-state index contributed by atoms with van der Waals surface area (Å²) in [5, 5.41) is 17.5. The molecule has 1 aromatic heterocycles. The number of amides is 1. The van der Waals surface area contributed by atoms with Crippen molar-refractivity contribution in [1.29, 1.82) is 5.26 Å². The van der Waals surface area contributed by atoms with Crippen molar-refractivity contribution in [1.82, 2.24) is 15.1 Å². The molecule has 41 heavy (non-hydrogen) atoms. The molecule has 5 rings (SSSR count). The highest BCUT2D eigenvalue weighted by Gasteiger charge is 2.36. The smallest absolute Gasteiger partial charge is 0.415 e. The van der Waals surface area contributed by atoms with E-state index in [-0.39, 0.29) is 23.1 Å². The average Bonchev–Trinajstić information content (AvgIpc) is 3.43. The van der Waals surface area contributed by atoms with Gasteiger partial charge in [0.15, 0.2) is 23.0 Å². The number of H-pyrrole nitrogens is 1. The van der Waals surface area contributed by atoms with Gasteiger partial charge in [-0.05, 0) is 29.8 Å². The maximum atomic E-state index is 12.7. The molecule has 1 fully saturated rings. The first-order valence-corrected chi connectivity index (χ1v) is 12.6. The fraction of sp³-hybridized carbons (Fsp3) is 0.321. The number of morpholine rings is 1. The van der Waals surface area contributed by atoms with Crippen LogP contribution >= 0.6 is 0 Å². The Labute approximate surface area is 235 Å². The Hall–Kier alpha value is -5.09. The fourth-order valence-corrected chi connectivity index (χ4v) is 4.88. The molecule has 1 amide bonds. The van der Waals surface area contributed by atoms with Crippen LogP contribution in [0, 0.1) is 11.3 Å². The first kappa shape index (κ1) is 27.5. The maximum absolute atomic E-state index is 12.7. The number of nitrogens with zero attached hydrogens (tertiary/aromatic N) is 3. The molecule has 3 N–H and O–H groups in total. The van der Waals surface area contributed by atoms with E-state index in [2.05, 4.69) is 16.3 Å². The largest absolute Gasteiger partial charge is 0.493 e. The quantitative estimate of drug-likeness (QED) is 0.434. The van der Waals surface area contributed by atoms with E-state index in [9.17, 15) is 10.1 Å². The maximum Gasteiger partial charge on any atom is 0.415 e. The number of fused-ring (bicyclic) bond motifs is 1. The molecule has 1 atom stereocenters. The van der Waals surface area contributed by atoms with Crippen LogP contribution in [0.1, 0.15) is 17.0 Å². The van der Waals surface area contributed by atoms with Gasteiger partial charge in [-0.2, -0.15) is 5.26 Å². The normalized spacial score (nSPS) is 16.3. The van der Waals surface area contributed by atoms with Crippen LogP contribution in [0.5, 0.6) is 34.6 Å². The van der Waals surface area contributed by atoms with E-state index >= 15 is 0 Å². The van der Waals surface area contributed by atoms with Crippen LogP contribution in [-0.2, 0) is 4.74 Å². The lowest BCUT2D eigenvalue weighted by Gasteiger charge is -2.27. The van der Waals surface area contributed by atoms with Crippen LogP contribution in [-0.4, -0.2) is 75.9 Å². The molecule has 3 heterocycles. The summed E-state index contributed by atoms with van der Waals surface area (Å²) < 4.78 is 38.8. The minimum atomic E-state index is -0.700. The van der Waals surface area contributed by atoms with Crippen molar-refractivity contribution < 1.29 is 38.0 Å². The molecule has 3 aromatic rings. The Bertz CT molecular complexity index is 1510. The number of rotatable bonds is 7. The minimum Gasteiger partial charge on any atom is -0.493 e. The lowest BCUT2D eigenvalue weighted by atomic mass is 9.83. The summed E-state index contributed by atoms with van der Waals surface area (Å²) in [6.07, 6.45) is -0.505. The highest BCUT2D eigenvalue weighted by atomic mass is 16.6. The number of hydrogen-bond acceptors (Lipinski definition) is 11. The van der Waals surface area contributed by atoms with Gasteiger partial charge in [0, 0.05) is 18.7 Å². The highest BCUT2D eigenvalue weighted by molar-refractivity contribution is 5.76. The van der Waals surface area contributed by atoms with E-state index in [1.807, 2.05) is 0 Å². The van der Waals surface area contributed by atoms with Gasteiger partial charge in [0.1, 0.15) is 11.6 Å². The Morgan fingerprint density at radius 3 is 2.32 bits per heavy atom. The van der Waals surface area contributed by atoms with Crippen LogP contribution < -0.4 is 34.2 Å². The first-order valence-electron chi connectivity index (χ1n) is 12.6. The van der Waals surface area contributed by atoms with E-state index in [1.54, 1.807) is 35.2 Å². The number of allylic oxidation sites excluding steroid dienone is 1. The number of benzene rings is 2. The number of methoxy groups -OCH3 is 4. The van der Waals surface area contributed by atoms with Gasteiger partial charge >= 0.3 is 6.09 Å². The standard InChI is InChI=1S/C28H29N5O8/c1-35-19-11-15(5-6-18(19)40-28(34)33-7-9-39-10-8-33)22-17(14-29)26(30)41-27-23(22)24(31-32-27)16-12-20(36-2)25(38-4)21(13-16)37-3/h5-6,11-13,22H,7-10,30H2,1-4H3,(H,31,32)/t22-/m0/s1. The first-order chi connectivity index (χ1) is 19.9. The summed E-state index contributed by atoms with van der Waals surface area (Å²) in [6, 6.07) is 10.7. The van der Waals surface area contributed by atoms with Crippen molar-refractivity contribution in [2.75, 3.05) is 54.7 Å². The average molecular weight is 564 g/mol. The molecule has 13 heteroatoms. The van der Waals surface area contributed by atoms with Gasteiger partial charge in [-0.1, -0.05) is 6.07 Å². The second-order valence-electron chi connectivity index (χ2n) is 9.03. The molecule has 0 bridgehead atoms. The molecule has 2 aromatic carbocycles. The lowest BCUT2D eigenvalue weighted by Crippen LogP contribution is -2.42. The SMILES string of the molecule is COc1cc([C@H]2C(C#N)=C(N)Oc3n[nH]c(-c4cc(OC)c(OC)c(OC)c4)c32)ccc1OC(=O)N1CCOCC1. The van der Waals surface area contributed by atoms with Crippen LogP contribution in [0.15, 0.2) is 41.8 Å². The third-order valence-corrected chi connectivity index (χ3v) is 6.88. The molecule has 0 radical (unpaired) electrons. The van der Waals surface area contributed by atoms with Gasteiger partial charge in [0.2, 0.25) is 17.5 Å². The number of nitrogens with two attached hydrogens (primary N) is 1. The van der Waals surface area contributed by atoms with Gasteiger partial charge in [-0.15, -0.1) is 5.10 Å². The molecule has 0 saturated carbocycles. The van der Waals surface area contributed by atoms with Crippen LogP contribution in [0.2, 0.25) is 0 Å². The Balaban J connectivity index is 1.59. The van der Waals surface area contributed by atoms with Gasteiger partial charge in [-0.3, -0.25) is 5.10 Å². The van der Waals surface area contributed by atoms with E-state index < -0.39 is 12.0 Å². The Kier molecular flexibility index (Phi) is 7.75. The lowest BCUT2D eigenvalue weighted by molar-refractivity contribution is 0.0413. The number of aromatic nitrogens is 2. The monoisotopic (exact) mass is 563 g/mol. The molecule has 2 aliphatic rings. The fourth-order valence-electron chi connectivity index (χ4n) is 4.88. The summed E-state index contributed by atoms with van der Waals surface area (Å²) in [6.45, 7) is 1.76. The van der Waals surface area contributed by atoms with Gasteiger partial charge in [-0.25, -0.2) is 4.79 Å². The van der Waals surface area contributed by atoms with E-state index in [4.69, 9.17) is 38.9 Å². The molecule has 214 valence electrons. The summed E-state index contributed by atoms with van der Waals surface area (Å²) in [5.74, 6) is 1.25. The van der Waals surface area contributed by atoms with Crippen molar-refractivity contribution in [3.8, 4) is 52.0 Å². The molecular formula is C28H29N5O8. The van der Waals surface area contributed by atoms with E-state index in [0.29, 0.717) is 71.7 Å². The Morgan fingerprint density at radius 2 is 1.71 bits per heavy atom. The number of carbonyl (C=O) groups is 1. The van der Waals surface area contributed by atoms with Crippen LogP contribution in [0.3, 0.4) is 0 Å². The molecule has 0 unspecified atom stereocenters. The van der Waals surface area contributed by atoms with Crippen molar-refractivity contribution in [2.45, 2.75) is 5.92 Å². The molecule has 0 spiro atoms. The zero-order valence-corrected chi connectivity index (χ0v) is 23.0. The number of hydrogen-bond donors (Lipinski definition) is 2. The molecule has 13 nitrogen and oxygen atoms in total. The second-order valence-corrected chi connectivity index (χ2v) is 9.03. The Morgan fingerprint density at radius 1 is 1.02 bits per heavy atom. The zero-order valence-electron chi connectivity index (χ0n) is 23.0. The van der Waals surface area contributed by atoms with E-state index in [0.717, 1.165) is 0 Å². The van der Waals surface area contributed by atoms with Crippen molar-refractivity contribution in [3.05, 3.63) is 52.9 Å². The second kappa shape index (κ2) is 11.6. The van der Waals surface area contributed by atoms with Crippen LogP contribution in [0.4, 0.5) is 4.79 Å². The van der Waals surface area contributed by atoms with Crippen molar-refractivity contribution in [2.24, 2.45) is 5.73 Å². The topological polar surface area (TPSA) is 163 Å². The molecule has 2 aliphatic heterocycles. The number of nitriles is 1. The number of aromatic amines is 1. The van der Waals surface area contributed by atoms with Crippen LogP contribution in [0.25, 0.3) is 11.3 Å². The molecule has 0 aliphatic carbocycles. The van der Waals surface area contributed by atoms with Gasteiger partial charge in [0.25, 0.3) is 0 Å². The highest BCUT2D eigenvalue weighted by Crippen LogP contribution is 2.49. The number of nitrogens with one attached hydrogen (secondary N) is 1. The zero-order chi connectivity index (χ0) is 29.1. The van der Waals surface area contributed by atoms with Gasteiger partial charge < -0.3 is 43.8 Å². The summed E-state index contributed by atoms with van der Waals surface area (Å²) >= 11 is 0. The predicted octanol–water partition coefficient (Wildman–Crippen LogP) is 3.16. The third kappa shape index (κ3) is 5.01. The summed E-state index contributed by atoms with van der Waals surface area (Å²) in [7, 11) is 6.03. The molecule has 1 saturated heterocycles.